The molecule has 10 heteroatoms. The van der Waals surface area contributed by atoms with Crippen LogP contribution >= 0.6 is 0 Å². The largest absolute Gasteiger partial charge is 0.503 e. The highest BCUT2D eigenvalue weighted by Crippen LogP contribution is 2.35. The van der Waals surface area contributed by atoms with Crippen LogP contribution in [-0.4, -0.2) is 45.3 Å². The molecule has 1 saturated heterocycles. The molecule has 0 saturated carbocycles. The molecule has 3 heterocycles. The predicted octanol–water partition coefficient (Wildman–Crippen LogP) is 1.91. The quantitative estimate of drug-likeness (QED) is 0.770. The molecule has 1 aromatic carbocycles. The number of pyridine rings is 1. The van der Waals surface area contributed by atoms with E-state index in [9.17, 15) is 28.3 Å². The Morgan fingerprint density at radius 1 is 1.29 bits per heavy atom. The average molecular weight is 433 g/mol. The molecule has 8 nitrogen and oxygen atoms in total. The summed E-state index contributed by atoms with van der Waals surface area (Å²) in [7, 11) is 0. The number of nitrogens with one attached hydrogen (secondary N) is 1. The molecule has 2 aromatic rings. The van der Waals surface area contributed by atoms with Crippen molar-refractivity contribution in [1.29, 1.82) is 0 Å². The molecule has 1 aromatic heterocycles. The molecule has 1 unspecified atom stereocenters. The van der Waals surface area contributed by atoms with Crippen LogP contribution in [0, 0.1) is 11.6 Å². The lowest BCUT2D eigenvalue weighted by Gasteiger charge is -2.47. The van der Waals surface area contributed by atoms with Gasteiger partial charge in [0.2, 0.25) is 5.43 Å². The van der Waals surface area contributed by atoms with E-state index in [0.29, 0.717) is 19.1 Å². The summed E-state index contributed by atoms with van der Waals surface area (Å²) < 4.78 is 34.0. The van der Waals surface area contributed by atoms with Crippen molar-refractivity contribution in [2.24, 2.45) is 0 Å². The first kappa shape index (κ1) is 21.0. The molecule has 2 amide bonds. The predicted molar refractivity (Wildman–Crippen MR) is 105 cm³/mol. The van der Waals surface area contributed by atoms with Gasteiger partial charge >= 0.3 is 0 Å². The first-order valence-electron chi connectivity index (χ1n) is 9.85. The summed E-state index contributed by atoms with van der Waals surface area (Å²) in [5.74, 6) is -3.83. The van der Waals surface area contributed by atoms with Gasteiger partial charge in [-0.3, -0.25) is 14.4 Å². The van der Waals surface area contributed by atoms with Crippen LogP contribution in [-0.2, 0) is 11.3 Å². The van der Waals surface area contributed by atoms with Gasteiger partial charge in [-0.1, -0.05) is 6.07 Å². The topological polar surface area (TPSA) is 101 Å². The van der Waals surface area contributed by atoms with Gasteiger partial charge in [-0.25, -0.2) is 8.78 Å². The molecule has 31 heavy (non-hydrogen) atoms. The zero-order chi connectivity index (χ0) is 22.4. The fourth-order valence-corrected chi connectivity index (χ4v) is 4.03. The van der Waals surface area contributed by atoms with Crippen LogP contribution in [0.25, 0.3) is 0 Å². The molecule has 0 aliphatic carbocycles. The molecule has 3 atom stereocenters. The van der Waals surface area contributed by atoms with Crippen LogP contribution in [0.1, 0.15) is 52.7 Å². The minimum Gasteiger partial charge on any atom is -0.503 e. The molecule has 0 spiro atoms. The van der Waals surface area contributed by atoms with Crippen molar-refractivity contribution in [1.82, 2.24) is 14.8 Å². The van der Waals surface area contributed by atoms with Crippen molar-refractivity contribution >= 4 is 11.8 Å². The van der Waals surface area contributed by atoms with E-state index in [0.717, 1.165) is 6.07 Å². The Kier molecular flexibility index (Phi) is 5.26. The van der Waals surface area contributed by atoms with Crippen molar-refractivity contribution in [3.63, 3.8) is 0 Å². The summed E-state index contributed by atoms with van der Waals surface area (Å²) in [6, 6.07) is 2.31. The molecule has 2 aliphatic heterocycles. The number of nitrogens with zero attached hydrogens (tertiary/aromatic N) is 2. The highest BCUT2D eigenvalue weighted by atomic mass is 19.1. The maximum atomic E-state index is 13.8. The Hall–Kier alpha value is -3.27. The Labute approximate surface area is 176 Å². The van der Waals surface area contributed by atoms with Gasteiger partial charge in [-0.15, -0.1) is 0 Å². The van der Waals surface area contributed by atoms with E-state index in [1.165, 1.54) is 21.7 Å². The standard InChI is InChI=1S/C21H21F2N3O5/c1-10-5-6-31-21-11(2)25-9-14(17(27)18(28)16(25)20(30)26(10)21)19(29)24-8-12-3-4-13(22)7-15(12)23/h3-4,7,9-11,21,28H,5-6,8H2,1-2H3,(H,24,29)/t10-,11+,21?/m1/s1. The van der Waals surface area contributed by atoms with Crippen LogP contribution in [0.15, 0.2) is 29.2 Å². The number of rotatable bonds is 3. The number of carbonyl (C=O) groups is 2. The number of hydrogen-bond acceptors (Lipinski definition) is 5. The molecule has 1 fully saturated rings. The lowest BCUT2D eigenvalue weighted by atomic mass is 10.0. The fraction of sp³-hybridized carbons (Fsp3) is 0.381. The van der Waals surface area contributed by atoms with E-state index in [-0.39, 0.29) is 23.8 Å². The lowest BCUT2D eigenvalue weighted by molar-refractivity contribution is -0.126. The average Bonchev–Trinajstić information content (AvgIpc) is 2.72. The number of ether oxygens (including phenoxy) is 1. The third-order valence-electron chi connectivity index (χ3n) is 5.77. The second-order valence-corrected chi connectivity index (χ2v) is 7.75. The second kappa shape index (κ2) is 7.77. The molecule has 164 valence electrons. The highest BCUT2D eigenvalue weighted by Gasteiger charge is 2.44. The zero-order valence-electron chi connectivity index (χ0n) is 16.9. The minimum absolute atomic E-state index is 0.0285. The number of fused-ring (bicyclic) bond motifs is 2. The number of hydrogen-bond donors (Lipinski definition) is 2. The van der Waals surface area contributed by atoms with Gasteiger partial charge in [0, 0.05) is 30.4 Å². The van der Waals surface area contributed by atoms with Gasteiger partial charge < -0.3 is 24.6 Å². The van der Waals surface area contributed by atoms with Crippen molar-refractivity contribution in [3.05, 3.63) is 63.1 Å². The number of carbonyl (C=O) groups excluding carboxylic acids is 2. The first-order valence-corrected chi connectivity index (χ1v) is 9.85. The van der Waals surface area contributed by atoms with Gasteiger partial charge in [0.15, 0.2) is 17.7 Å². The van der Waals surface area contributed by atoms with Gasteiger partial charge in [0.05, 0.1) is 12.6 Å². The highest BCUT2D eigenvalue weighted by molar-refractivity contribution is 5.99. The fourth-order valence-electron chi connectivity index (χ4n) is 4.03. The number of halogens is 2. The number of aromatic nitrogens is 1. The monoisotopic (exact) mass is 433 g/mol. The molecule has 2 aliphatic rings. The second-order valence-electron chi connectivity index (χ2n) is 7.75. The summed E-state index contributed by atoms with van der Waals surface area (Å²) in [6.45, 7) is 3.78. The molecule has 0 bridgehead atoms. The lowest BCUT2D eigenvalue weighted by Crippen LogP contribution is -2.58. The maximum Gasteiger partial charge on any atom is 0.276 e. The summed E-state index contributed by atoms with van der Waals surface area (Å²) in [5.41, 5.74) is -1.58. The number of amides is 2. The van der Waals surface area contributed by atoms with Crippen LogP contribution in [0.3, 0.4) is 0 Å². The van der Waals surface area contributed by atoms with Crippen molar-refractivity contribution in [3.8, 4) is 5.75 Å². The van der Waals surface area contributed by atoms with Crippen LogP contribution in [0.4, 0.5) is 8.78 Å². The number of aromatic hydroxyl groups is 1. The van der Waals surface area contributed by atoms with Gasteiger partial charge in [0.25, 0.3) is 11.8 Å². The van der Waals surface area contributed by atoms with Crippen LogP contribution in [0.5, 0.6) is 5.75 Å². The SMILES string of the molecule is C[C@@H]1CCOC2[C@H](C)n3cc(C(=O)NCc4ccc(F)cc4F)c(=O)c(O)c3C(=O)N21. The normalized spacial score (nSPS) is 22.6. The Morgan fingerprint density at radius 2 is 2.03 bits per heavy atom. The minimum atomic E-state index is -1.01. The molecular weight excluding hydrogens is 412 g/mol. The summed E-state index contributed by atoms with van der Waals surface area (Å²) in [6.07, 6.45) is 1.23. The van der Waals surface area contributed by atoms with Crippen molar-refractivity contribution < 1.29 is 28.2 Å². The van der Waals surface area contributed by atoms with E-state index < -0.39 is 52.5 Å². The Balaban J connectivity index is 1.67. The smallest absolute Gasteiger partial charge is 0.276 e. The van der Waals surface area contributed by atoms with Crippen LogP contribution in [0.2, 0.25) is 0 Å². The van der Waals surface area contributed by atoms with Crippen molar-refractivity contribution in [2.45, 2.75) is 45.1 Å². The first-order chi connectivity index (χ1) is 14.7. The van der Waals surface area contributed by atoms with Gasteiger partial charge in [-0.2, -0.15) is 0 Å². The molecule has 4 rings (SSSR count). The molecule has 0 radical (unpaired) electrons. The van der Waals surface area contributed by atoms with E-state index in [1.54, 1.807) is 6.92 Å². The Morgan fingerprint density at radius 3 is 2.74 bits per heavy atom. The maximum absolute atomic E-state index is 13.8. The number of benzene rings is 1. The third kappa shape index (κ3) is 3.46. The van der Waals surface area contributed by atoms with Gasteiger partial charge in [-0.05, 0) is 26.3 Å². The van der Waals surface area contributed by atoms with Crippen LogP contribution < -0.4 is 10.7 Å². The summed E-state index contributed by atoms with van der Waals surface area (Å²) in [5, 5.41) is 12.9. The third-order valence-corrected chi connectivity index (χ3v) is 5.77. The molecular formula is C21H21F2N3O5. The van der Waals surface area contributed by atoms with E-state index in [2.05, 4.69) is 5.32 Å². The van der Waals surface area contributed by atoms with E-state index >= 15 is 0 Å². The van der Waals surface area contributed by atoms with E-state index in [1.807, 2.05) is 6.92 Å². The molecule has 2 N–H and O–H groups in total. The van der Waals surface area contributed by atoms with Gasteiger partial charge in [0.1, 0.15) is 17.2 Å². The van der Waals surface area contributed by atoms with Crippen molar-refractivity contribution in [2.75, 3.05) is 6.61 Å². The summed E-state index contributed by atoms with van der Waals surface area (Å²) in [4.78, 5) is 39.8. The Bertz CT molecular complexity index is 1130. The summed E-state index contributed by atoms with van der Waals surface area (Å²) >= 11 is 0. The zero-order valence-corrected chi connectivity index (χ0v) is 16.9. The van der Waals surface area contributed by atoms with E-state index in [4.69, 9.17) is 4.74 Å².